The molecule has 0 aromatic rings. The summed E-state index contributed by atoms with van der Waals surface area (Å²) >= 11 is 0. The molecule has 1 unspecified atom stereocenters. The second kappa shape index (κ2) is 6.83. The van der Waals surface area contributed by atoms with E-state index in [0.717, 1.165) is 0 Å². The van der Waals surface area contributed by atoms with Crippen LogP contribution in [0.1, 0.15) is 13.3 Å². The minimum absolute atomic E-state index is 0.0970. The van der Waals surface area contributed by atoms with Crippen LogP contribution in [0.15, 0.2) is 0 Å². The summed E-state index contributed by atoms with van der Waals surface area (Å²) in [5, 5.41) is 13.1. The first kappa shape index (κ1) is 15.3. The van der Waals surface area contributed by atoms with E-state index < -0.39 is 5.60 Å². The molecule has 0 radical (unpaired) electrons. The first-order valence-corrected chi connectivity index (χ1v) is 5.52. The van der Waals surface area contributed by atoms with E-state index in [-0.39, 0.29) is 5.91 Å². The molecule has 5 nitrogen and oxygen atoms in total. The fourth-order valence-electron chi connectivity index (χ4n) is 1.51. The van der Waals surface area contributed by atoms with Gasteiger partial charge in [-0.1, -0.05) is 0 Å². The average Bonchev–Trinajstić information content (AvgIpc) is 2.09. The molecule has 1 amide bonds. The van der Waals surface area contributed by atoms with Crippen molar-refractivity contribution in [1.29, 1.82) is 0 Å². The highest BCUT2D eigenvalue weighted by molar-refractivity contribution is 5.75. The normalized spacial score (nSPS) is 14.9. The Labute approximate surface area is 98.4 Å². The van der Waals surface area contributed by atoms with Crippen LogP contribution in [0.2, 0.25) is 0 Å². The lowest BCUT2D eigenvalue weighted by Crippen LogP contribution is -2.46. The molecule has 0 aliphatic carbocycles. The maximum Gasteiger partial charge on any atom is 0.223 e. The Kier molecular flexibility index (Phi) is 6.55. The van der Waals surface area contributed by atoms with Crippen LogP contribution in [0.5, 0.6) is 0 Å². The number of carbonyl (C=O) groups excluding carboxylic acids is 1. The molecule has 0 bridgehead atoms. The zero-order chi connectivity index (χ0) is 12.8. The highest BCUT2D eigenvalue weighted by atomic mass is 16.3. The molecule has 0 spiro atoms. The number of carbonyl (C=O) groups is 1. The highest BCUT2D eigenvalue weighted by Gasteiger charge is 2.20. The summed E-state index contributed by atoms with van der Waals surface area (Å²) in [7, 11) is 7.32. The van der Waals surface area contributed by atoms with E-state index in [4.69, 9.17) is 0 Å². The van der Waals surface area contributed by atoms with E-state index in [1.54, 1.807) is 25.9 Å². The maximum atomic E-state index is 11.3. The zero-order valence-corrected chi connectivity index (χ0v) is 11.1. The number of rotatable bonds is 7. The van der Waals surface area contributed by atoms with Crippen LogP contribution >= 0.6 is 0 Å². The Hall–Kier alpha value is -0.650. The molecule has 5 heteroatoms. The molecule has 16 heavy (non-hydrogen) atoms. The van der Waals surface area contributed by atoms with Gasteiger partial charge in [0.25, 0.3) is 0 Å². The first-order chi connectivity index (χ1) is 7.24. The molecule has 0 aromatic carbocycles. The molecule has 0 aromatic heterocycles. The summed E-state index contributed by atoms with van der Waals surface area (Å²) in [6, 6.07) is 0. The van der Waals surface area contributed by atoms with Gasteiger partial charge in [0.05, 0.1) is 5.60 Å². The molecular weight excluding hydrogens is 206 g/mol. The van der Waals surface area contributed by atoms with Crippen molar-refractivity contribution in [1.82, 2.24) is 15.1 Å². The van der Waals surface area contributed by atoms with Crippen molar-refractivity contribution < 1.29 is 9.90 Å². The van der Waals surface area contributed by atoms with Gasteiger partial charge in [-0.2, -0.15) is 0 Å². The van der Waals surface area contributed by atoms with Crippen molar-refractivity contribution in [2.75, 3.05) is 47.8 Å². The number of nitrogens with one attached hydrogen (secondary N) is 1. The molecule has 96 valence electrons. The quantitative estimate of drug-likeness (QED) is 0.573. The topological polar surface area (TPSA) is 55.8 Å². The van der Waals surface area contributed by atoms with Crippen LogP contribution in [0.3, 0.4) is 0 Å². The van der Waals surface area contributed by atoms with E-state index in [2.05, 4.69) is 5.32 Å². The van der Waals surface area contributed by atoms with Gasteiger partial charge in [0, 0.05) is 40.2 Å². The van der Waals surface area contributed by atoms with Gasteiger partial charge in [0.2, 0.25) is 5.91 Å². The van der Waals surface area contributed by atoms with Gasteiger partial charge in [-0.3, -0.25) is 4.79 Å². The summed E-state index contributed by atoms with van der Waals surface area (Å²) < 4.78 is 0. The predicted molar refractivity (Wildman–Crippen MR) is 65.4 cm³/mol. The predicted octanol–water partition coefficient (Wildman–Crippen LogP) is -0.633. The third kappa shape index (κ3) is 7.62. The summed E-state index contributed by atoms with van der Waals surface area (Å²) in [4.78, 5) is 14.8. The number of nitrogens with zero attached hydrogens (tertiary/aromatic N) is 2. The van der Waals surface area contributed by atoms with Crippen LogP contribution in [0, 0.1) is 0 Å². The molecule has 0 rings (SSSR count). The van der Waals surface area contributed by atoms with Crippen LogP contribution in [0.4, 0.5) is 0 Å². The largest absolute Gasteiger partial charge is 0.388 e. The lowest BCUT2D eigenvalue weighted by Gasteiger charge is -2.27. The van der Waals surface area contributed by atoms with Crippen LogP contribution < -0.4 is 5.32 Å². The number of hydrogen-bond donors (Lipinski definition) is 2. The number of hydrogen-bond acceptors (Lipinski definition) is 4. The second-order valence-electron chi connectivity index (χ2n) is 4.95. The second-order valence-corrected chi connectivity index (χ2v) is 4.95. The SMILES string of the molecule is CN(C)CC(C)(O)CNCCC(=O)N(C)C. The first-order valence-electron chi connectivity index (χ1n) is 5.52. The van der Waals surface area contributed by atoms with Crippen molar-refractivity contribution in [3.8, 4) is 0 Å². The van der Waals surface area contributed by atoms with Gasteiger partial charge < -0.3 is 20.2 Å². The Morgan fingerprint density at radius 3 is 2.31 bits per heavy atom. The Morgan fingerprint density at radius 2 is 1.88 bits per heavy atom. The van der Waals surface area contributed by atoms with Crippen molar-refractivity contribution in [3.05, 3.63) is 0 Å². The van der Waals surface area contributed by atoms with E-state index in [1.807, 2.05) is 19.0 Å². The van der Waals surface area contributed by atoms with Crippen molar-refractivity contribution >= 4 is 5.91 Å². The minimum atomic E-state index is -0.759. The fraction of sp³-hybridized carbons (Fsp3) is 0.909. The van der Waals surface area contributed by atoms with Gasteiger partial charge >= 0.3 is 0 Å². The van der Waals surface area contributed by atoms with Crippen LogP contribution in [-0.4, -0.2) is 74.2 Å². The van der Waals surface area contributed by atoms with Gasteiger partial charge in [-0.15, -0.1) is 0 Å². The lowest BCUT2D eigenvalue weighted by atomic mass is 10.1. The molecule has 1 atom stereocenters. The number of aliphatic hydroxyl groups is 1. The van der Waals surface area contributed by atoms with Gasteiger partial charge in [-0.05, 0) is 21.0 Å². The summed E-state index contributed by atoms with van der Waals surface area (Å²) in [5.41, 5.74) is -0.759. The summed E-state index contributed by atoms with van der Waals surface area (Å²) in [6.45, 7) is 3.47. The summed E-state index contributed by atoms with van der Waals surface area (Å²) in [6.07, 6.45) is 0.463. The molecule has 0 fully saturated rings. The Balaban J connectivity index is 3.69. The number of likely N-dealkylation sites (N-methyl/N-ethyl adjacent to an activating group) is 1. The van der Waals surface area contributed by atoms with E-state index in [1.165, 1.54) is 0 Å². The van der Waals surface area contributed by atoms with Gasteiger partial charge in [0.15, 0.2) is 0 Å². The van der Waals surface area contributed by atoms with Gasteiger partial charge in [0.1, 0.15) is 0 Å². The standard InChI is InChI=1S/C11H25N3O2/c1-11(16,9-13(2)3)8-12-7-6-10(15)14(4)5/h12,16H,6-9H2,1-5H3. The Bertz CT molecular complexity index is 215. The van der Waals surface area contributed by atoms with Crippen LogP contribution in [-0.2, 0) is 4.79 Å². The van der Waals surface area contributed by atoms with Crippen molar-refractivity contribution in [2.45, 2.75) is 18.9 Å². The molecule has 0 aliphatic rings. The maximum absolute atomic E-state index is 11.3. The monoisotopic (exact) mass is 231 g/mol. The lowest BCUT2D eigenvalue weighted by molar-refractivity contribution is -0.128. The molecular formula is C11H25N3O2. The van der Waals surface area contributed by atoms with Gasteiger partial charge in [-0.25, -0.2) is 0 Å². The molecule has 0 heterocycles. The number of amides is 1. The molecule has 2 N–H and O–H groups in total. The van der Waals surface area contributed by atoms with Crippen molar-refractivity contribution in [2.24, 2.45) is 0 Å². The molecule has 0 saturated carbocycles. The summed E-state index contributed by atoms with van der Waals surface area (Å²) in [5.74, 6) is 0.0970. The molecule has 0 aliphatic heterocycles. The molecule has 0 saturated heterocycles. The third-order valence-corrected chi connectivity index (χ3v) is 2.18. The third-order valence-electron chi connectivity index (χ3n) is 2.18. The smallest absolute Gasteiger partial charge is 0.223 e. The minimum Gasteiger partial charge on any atom is -0.388 e. The van der Waals surface area contributed by atoms with E-state index in [0.29, 0.717) is 26.1 Å². The fourth-order valence-corrected chi connectivity index (χ4v) is 1.51. The highest BCUT2D eigenvalue weighted by Crippen LogP contribution is 2.02. The van der Waals surface area contributed by atoms with Crippen LogP contribution in [0.25, 0.3) is 0 Å². The zero-order valence-electron chi connectivity index (χ0n) is 11.1. The van der Waals surface area contributed by atoms with Crippen molar-refractivity contribution in [3.63, 3.8) is 0 Å². The van der Waals surface area contributed by atoms with E-state index >= 15 is 0 Å². The Morgan fingerprint density at radius 1 is 1.31 bits per heavy atom. The average molecular weight is 231 g/mol. The van der Waals surface area contributed by atoms with E-state index in [9.17, 15) is 9.90 Å².